The quantitative estimate of drug-likeness (QED) is 0.0850. The minimum absolute atomic E-state index is 0.0250. The van der Waals surface area contributed by atoms with Gasteiger partial charge >= 0.3 is 5.97 Å². The molecule has 0 aromatic carbocycles. The number of unbranched alkanes of at least 4 members (excludes halogenated alkanes) is 5. The number of carbonyl (C=O) groups excluding carboxylic acids is 2. The molecule has 0 aromatic heterocycles. The maximum atomic E-state index is 12.3. The van der Waals surface area contributed by atoms with Crippen LogP contribution in [-0.4, -0.2) is 52.5 Å². The Morgan fingerprint density at radius 2 is 1.74 bits per heavy atom. The lowest BCUT2D eigenvalue weighted by Gasteiger charge is -2.16. The van der Waals surface area contributed by atoms with Crippen LogP contribution in [0.1, 0.15) is 84.0 Å². The van der Waals surface area contributed by atoms with Gasteiger partial charge in [-0.15, -0.1) is 20.2 Å². The van der Waals surface area contributed by atoms with Gasteiger partial charge in [-0.05, 0) is 31.6 Å². The molecule has 3 atom stereocenters. The molecule has 0 spiro atoms. The van der Waals surface area contributed by atoms with Gasteiger partial charge in [0, 0.05) is 18.8 Å². The molecule has 0 aromatic rings. The summed E-state index contributed by atoms with van der Waals surface area (Å²) in [7, 11) is 0. The van der Waals surface area contributed by atoms with Crippen LogP contribution in [0.25, 0.3) is 0 Å². The van der Waals surface area contributed by atoms with Crippen molar-refractivity contribution >= 4 is 11.8 Å². The lowest BCUT2D eigenvalue weighted by Crippen LogP contribution is -2.30. The second-order valence-electron chi connectivity index (χ2n) is 8.83. The third kappa shape index (κ3) is 14.3. The van der Waals surface area contributed by atoms with Crippen molar-refractivity contribution in [1.82, 2.24) is 0 Å². The number of rotatable bonds is 20. The first-order chi connectivity index (χ1) is 16.7. The van der Waals surface area contributed by atoms with Gasteiger partial charge in [-0.3, -0.25) is 9.59 Å². The highest BCUT2D eigenvalue weighted by atomic mass is 17.0. The molecule has 12 heteroatoms. The number of esters is 1. The van der Waals surface area contributed by atoms with E-state index in [4.69, 9.17) is 4.74 Å². The molecule has 35 heavy (non-hydrogen) atoms. The van der Waals surface area contributed by atoms with Crippen molar-refractivity contribution in [3.63, 3.8) is 0 Å². The van der Waals surface area contributed by atoms with E-state index in [0.717, 1.165) is 57.8 Å². The first kappa shape index (κ1) is 30.3. The maximum absolute atomic E-state index is 12.3. The van der Waals surface area contributed by atoms with Crippen LogP contribution in [0.3, 0.4) is 0 Å². The largest absolute Gasteiger partial charge is 0.458 e. The average Bonchev–Trinajstić information content (AvgIpc) is 3.15. The van der Waals surface area contributed by atoms with Crippen LogP contribution in [-0.2, 0) is 24.0 Å². The molecule has 1 aliphatic carbocycles. The predicted octanol–water partition coefficient (Wildman–Crippen LogP) is 3.75. The van der Waals surface area contributed by atoms with E-state index in [9.17, 15) is 34.9 Å². The minimum Gasteiger partial charge on any atom is -0.458 e. The highest BCUT2D eigenvalue weighted by Gasteiger charge is 2.32. The summed E-state index contributed by atoms with van der Waals surface area (Å²) in [6.45, 7) is 0.800. The molecular weight excluding hydrogens is 464 g/mol. The summed E-state index contributed by atoms with van der Waals surface area (Å²) in [5.41, 5.74) is 0. The van der Waals surface area contributed by atoms with Crippen molar-refractivity contribution in [2.24, 2.45) is 11.8 Å². The Balaban J connectivity index is 2.29. The molecule has 12 nitrogen and oxygen atoms in total. The number of carbonyl (C=O) groups is 2. The Morgan fingerprint density at radius 3 is 2.37 bits per heavy atom. The number of ether oxygens (including phenoxy) is 1. The fourth-order valence-electron chi connectivity index (χ4n) is 4.15. The molecule has 1 saturated carbocycles. The van der Waals surface area contributed by atoms with Crippen LogP contribution < -0.4 is 0 Å². The molecule has 1 rings (SSSR count). The lowest BCUT2D eigenvalue weighted by atomic mass is 9.89. The summed E-state index contributed by atoms with van der Waals surface area (Å²) in [4.78, 5) is 53.0. The summed E-state index contributed by atoms with van der Waals surface area (Å²) >= 11 is 0. The number of aliphatic hydroxyl groups excluding tert-OH is 1. The zero-order valence-electron chi connectivity index (χ0n) is 20.4. The molecule has 1 aliphatic rings. The standard InChI is InChI=1S/C23H38N2O10/c1-2-3-6-9-19(26)14-12-18-13-15-22(27)21(18)10-7-4-5-8-11-23(28)35-20(16-33-24(29)30)17-34-25(31)32/h12,14,18-21,26H,2-11,13,15-17H2,1H3. The van der Waals surface area contributed by atoms with E-state index in [1.54, 1.807) is 0 Å². The number of hydrogen-bond acceptors (Lipinski definition) is 10. The molecule has 0 radical (unpaired) electrons. The second-order valence-corrected chi connectivity index (χ2v) is 8.83. The minimum atomic E-state index is -1.26. The number of ketones is 1. The molecule has 0 bridgehead atoms. The van der Waals surface area contributed by atoms with E-state index < -0.39 is 41.6 Å². The molecular formula is C23H38N2O10. The van der Waals surface area contributed by atoms with E-state index in [-0.39, 0.29) is 24.0 Å². The van der Waals surface area contributed by atoms with E-state index in [0.29, 0.717) is 12.8 Å². The van der Waals surface area contributed by atoms with Crippen LogP contribution >= 0.6 is 0 Å². The van der Waals surface area contributed by atoms with Crippen LogP contribution in [0, 0.1) is 32.1 Å². The molecule has 0 aliphatic heterocycles. The van der Waals surface area contributed by atoms with Crippen LogP contribution in [0.15, 0.2) is 12.2 Å². The van der Waals surface area contributed by atoms with Crippen LogP contribution in [0.5, 0.6) is 0 Å². The van der Waals surface area contributed by atoms with Crippen molar-refractivity contribution in [3.8, 4) is 0 Å². The van der Waals surface area contributed by atoms with Gasteiger partial charge in [0.05, 0.1) is 6.10 Å². The van der Waals surface area contributed by atoms with Crippen molar-refractivity contribution < 1.29 is 39.3 Å². The van der Waals surface area contributed by atoms with Crippen molar-refractivity contribution in [1.29, 1.82) is 0 Å². The third-order valence-electron chi connectivity index (χ3n) is 6.01. The van der Waals surface area contributed by atoms with E-state index >= 15 is 0 Å². The van der Waals surface area contributed by atoms with Crippen molar-refractivity contribution in [2.45, 2.75) is 96.2 Å². The number of Topliss-reactive ketones (excluding diaryl/α,β-unsaturated/α-hetero) is 1. The molecule has 200 valence electrons. The third-order valence-corrected chi connectivity index (χ3v) is 6.01. The van der Waals surface area contributed by atoms with E-state index in [2.05, 4.69) is 16.6 Å². The lowest BCUT2D eigenvalue weighted by molar-refractivity contribution is -0.768. The average molecular weight is 503 g/mol. The molecule has 0 heterocycles. The Kier molecular flexibility index (Phi) is 15.3. The van der Waals surface area contributed by atoms with E-state index in [1.165, 1.54) is 0 Å². The highest BCUT2D eigenvalue weighted by molar-refractivity contribution is 5.83. The summed E-state index contributed by atoms with van der Waals surface area (Å²) in [6.07, 6.45) is 11.2. The van der Waals surface area contributed by atoms with Crippen molar-refractivity contribution in [3.05, 3.63) is 32.4 Å². The van der Waals surface area contributed by atoms with Gasteiger partial charge in [0.25, 0.3) is 10.2 Å². The van der Waals surface area contributed by atoms with Gasteiger partial charge < -0.3 is 19.5 Å². The molecule has 1 N–H and O–H groups in total. The van der Waals surface area contributed by atoms with Gasteiger partial charge in [0.2, 0.25) is 0 Å². The highest BCUT2D eigenvalue weighted by Crippen LogP contribution is 2.34. The van der Waals surface area contributed by atoms with Gasteiger partial charge in [-0.2, -0.15) is 0 Å². The number of hydrogen-bond donors (Lipinski definition) is 1. The Morgan fingerprint density at radius 1 is 1.09 bits per heavy atom. The van der Waals surface area contributed by atoms with Gasteiger partial charge in [-0.1, -0.05) is 57.6 Å². The molecule has 0 amide bonds. The smallest absolute Gasteiger partial charge is 0.306 e. The van der Waals surface area contributed by atoms with Crippen molar-refractivity contribution in [2.75, 3.05) is 13.2 Å². The van der Waals surface area contributed by atoms with Gasteiger partial charge in [0.15, 0.2) is 0 Å². The number of allylic oxidation sites excluding steroid dienone is 1. The van der Waals surface area contributed by atoms with Crippen LogP contribution in [0.2, 0.25) is 0 Å². The second kappa shape index (κ2) is 17.6. The first-order valence-corrected chi connectivity index (χ1v) is 12.4. The SMILES string of the molecule is CCCCCC(O)C=CC1CCC(=O)C1CCCCCCC(=O)OC(CO[N+](=O)[O-])CO[N+](=O)[O-]. The Bertz CT molecular complexity index is 682. The molecule has 3 unspecified atom stereocenters. The molecule has 1 fully saturated rings. The Labute approximate surface area is 205 Å². The summed E-state index contributed by atoms with van der Waals surface area (Å²) in [6, 6.07) is 0. The summed E-state index contributed by atoms with van der Waals surface area (Å²) < 4.78 is 4.97. The Hall–Kier alpha value is -2.76. The predicted molar refractivity (Wildman–Crippen MR) is 124 cm³/mol. The van der Waals surface area contributed by atoms with Gasteiger partial charge in [-0.25, -0.2) is 0 Å². The topological polar surface area (TPSA) is 168 Å². The van der Waals surface area contributed by atoms with Gasteiger partial charge in [0.1, 0.15) is 25.1 Å². The monoisotopic (exact) mass is 502 g/mol. The van der Waals surface area contributed by atoms with E-state index in [1.807, 2.05) is 12.2 Å². The fourth-order valence-corrected chi connectivity index (χ4v) is 4.15. The molecule has 0 saturated heterocycles. The summed E-state index contributed by atoms with van der Waals surface area (Å²) in [5, 5.41) is 28.5. The zero-order valence-corrected chi connectivity index (χ0v) is 20.4. The number of aliphatic hydroxyl groups is 1. The number of nitrogens with zero attached hydrogens (tertiary/aromatic N) is 2. The fraction of sp³-hybridized carbons (Fsp3) is 0.826. The maximum Gasteiger partial charge on any atom is 0.306 e. The zero-order chi connectivity index (χ0) is 26.1. The van der Waals surface area contributed by atoms with Crippen LogP contribution in [0.4, 0.5) is 0 Å². The normalized spacial score (nSPS) is 18.7. The summed E-state index contributed by atoms with van der Waals surface area (Å²) in [5.74, 6) is -0.243. The first-order valence-electron chi connectivity index (χ1n) is 12.4.